The van der Waals surface area contributed by atoms with Crippen molar-refractivity contribution in [2.45, 2.75) is 18.4 Å². The number of nitrogens with one attached hydrogen (secondary N) is 1. The van der Waals surface area contributed by atoms with Gasteiger partial charge in [0.1, 0.15) is 0 Å². The van der Waals surface area contributed by atoms with Gasteiger partial charge in [0.2, 0.25) is 0 Å². The standard InChI is InChI=1S/C19H18F3N3O3/c1-25(2)15-9-5-13(6-10-15)17(26)23-14-7-3-12(4-8-14)16-11-18(27,28-24-16)19(20,21)22/h3-10,27H,11H2,1-2H3,(H,23,26). The first-order chi connectivity index (χ1) is 13.1. The molecular formula is C19H18F3N3O3. The van der Waals surface area contributed by atoms with E-state index >= 15 is 0 Å². The molecule has 0 spiro atoms. The summed E-state index contributed by atoms with van der Waals surface area (Å²) in [6.45, 7) is 0. The van der Waals surface area contributed by atoms with Gasteiger partial charge in [-0.1, -0.05) is 17.3 Å². The van der Waals surface area contributed by atoms with Crippen LogP contribution in [0.3, 0.4) is 0 Å². The van der Waals surface area contributed by atoms with Gasteiger partial charge in [-0.05, 0) is 42.0 Å². The van der Waals surface area contributed by atoms with Crippen LogP contribution in [-0.2, 0) is 4.84 Å². The number of benzene rings is 2. The van der Waals surface area contributed by atoms with Crippen molar-refractivity contribution >= 4 is 23.0 Å². The number of anilines is 2. The molecule has 3 rings (SSSR count). The zero-order valence-electron chi connectivity index (χ0n) is 15.1. The van der Waals surface area contributed by atoms with E-state index in [0.29, 0.717) is 16.8 Å². The van der Waals surface area contributed by atoms with Crippen LogP contribution in [0.2, 0.25) is 0 Å². The second-order valence-corrected chi connectivity index (χ2v) is 6.56. The van der Waals surface area contributed by atoms with E-state index in [1.807, 2.05) is 31.1 Å². The Hall–Kier alpha value is -3.07. The predicted octanol–water partition coefficient (Wildman–Crippen LogP) is 3.38. The lowest BCUT2D eigenvalue weighted by atomic mass is 10.0. The summed E-state index contributed by atoms with van der Waals surface area (Å²) in [5.41, 5.74) is 2.22. The van der Waals surface area contributed by atoms with Crippen LogP contribution in [0.15, 0.2) is 53.7 Å². The molecule has 0 fully saturated rings. The van der Waals surface area contributed by atoms with E-state index in [0.717, 1.165) is 5.69 Å². The number of amides is 1. The molecule has 148 valence electrons. The number of carbonyl (C=O) groups is 1. The molecule has 1 atom stereocenters. The van der Waals surface area contributed by atoms with Gasteiger partial charge in [0, 0.05) is 31.0 Å². The van der Waals surface area contributed by atoms with Gasteiger partial charge in [0.25, 0.3) is 5.91 Å². The largest absolute Gasteiger partial charge is 0.458 e. The quantitative estimate of drug-likeness (QED) is 0.835. The minimum absolute atomic E-state index is 0.0306. The monoisotopic (exact) mass is 393 g/mol. The number of carbonyl (C=O) groups excluding carboxylic acids is 1. The topological polar surface area (TPSA) is 74.2 Å². The van der Waals surface area contributed by atoms with Crippen molar-refractivity contribution in [1.82, 2.24) is 0 Å². The van der Waals surface area contributed by atoms with Crippen LogP contribution in [0.25, 0.3) is 0 Å². The van der Waals surface area contributed by atoms with Crippen LogP contribution in [0.5, 0.6) is 0 Å². The Morgan fingerprint density at radius 3 is 2.25 bits per heavy atom. The number of rotatable bonds is 4. The Balaban J connectivity index is 1.66. The molecule has 2 aromatic carbocycles. The van der Waals surface area contributed by atoms with Crippen molar-refractivity contribution in [3.8, 4) is 0 Å². The highest BCUT2D eigenvalue weighted by Crippen LogP contribution is 2.39. The molecule has 2 aromatic rings. The number of alkyl halides is 3. The van der Waals surface area contributed by atoms with Crippen molar-refractivity contribution in [1.29, 1.82) is 0 Å². The van der Waals surface area contributed by atoms with Crippen LogP contribution < -0.4 is 10.2 Å². The van der Waals surface area contributed by atoms with Gasteiger partial charge in [-0.3, -0.25) is 4.79 Å². The van der Waals surface area contributed by atoms with Gasteiger partial charge >= 0.3 is 12.0 Å². The lowest BCUT2D eigenvalue weighted by Gasteiger charge is -2.22. The maximum atomic E-state index is 12.8. The van der Waals surface area contributed by atoms with Gasteiger partial charge in [-0.25, -0.2) is 0 Å². The number of oxime groups is 1. The summed E-state index contributed by atoms with van der Waals surface area (Å²) < 4.78 is 38.3. The Bertz CT molecular complexity index is 893. The first kappa shape index (κ1) is 19.7. The molecule has 0 saturated carbocycles. The second kappa shape index (κ2) is 7.16. The second-order valence-electron chi connectivity index (χ2n) is 6.56. The zero-order valence-corrected chi connectivity index (χ0v) is 15.1. The lowest BCUT2D eigenvalue weighted by Crippen LogP contribution is -2.45. The molecule has 2 N–H and O–H groups in total. The van der Waals surface area contributed by atoms with Gasteiger partial charge in [0.05, 0.1) is 12.1 Å². The lowest BCUT2D eigenvalue weighted by molar-refractivity contribution is -0.355. The third-order valence-electron chi connectivity index (χ3n) is 4.28. The SMILES string of the molecule is CN(C)c1ccc(C(=O)Nc2ccc(C3=NOC(O)(C(F)(F)F)C3)cc2)cc1. The fourth-order valence-electron chi connectivity index (χ4n) is 2.59. The summed E-state index contributed by atoms with van der Waals surface area (Å²) in [6.07, 6.45) is -5.76. The van der Waals surface area contributed by atoms with Crippen molar-refractivity contribution in [3.63, 3.8) is 0 Å². The molecule has 9 heteroatoms. The number of aliphatic hydroxyl groups is 1. The first-order valence-corrected chi connectivity index (χ1v) is 8.32. The molecule has 1 aliphatic heterocycles. The maximum Gasteiger partial charge on any atom is 0.458 e. The van der Waals surface area contributed by atoms with Crippen molar-refractivity contribution in [2.24, 2.45) is 5.16 Å². The Labute approximate surface area is 159 Å². The molecule has 28 heavy (non-hydrogen) atoms. The minimum atomic E-state index is -4.95. The van der Waals surface area contributed by atoms with Crippen LogP contribution in [0, 0.1) is 0 Å². The maximum absolute atomic E-state index is 12.8. The van der Waals surface area contributed by atoms with E-state index < -0.39 is 18.4 Å². The molecule has 0 aliphatic carbocycles. The molecule has 0 bridgehead atoms. The summed E-state index contributed by atoms with van der Waals surface area (Å²) >= 11 is 0. The Morgan fingerprint density at radius 1 is 1.14 bits per heavy atom. The van der Waals surface area contributed by atoms with Crippen molar-refractivity contribution in [3.05, 3.63) is 59.7 Å². The van der Waals surface area contributed by atoms with Gasteiger partial charge in [0.15, 0.2) is 0 Å². The fraction of sp³-hybridized carbons (Fsp3) is 0.263. The first-order valence-electron chi connectivity index (χ1n) is 8.32. The average Bonchev–Trinajstić information content (AvgIpc) is 3.06. The summed E-state index contributed by atoms with van der Waals surface area (Å²) in [7, 11) is 3.79. The molecule has 1 heterocycles. The number of hydrogen-bond acceptors (Lipinski definition) is 5. The summed E-state index contributed by atoms with van der Waals surface area (Å²) in [5, 5.41) is 15.5. The zero-order chi connectivity index (χ0) is 20.5. The van der Waals surface area contributed by atoms with Gasteiger partial charge < -0.3 is 20.2 Å². The Morgan fingerprint density at radius 2 is 1.75 bits per heavy atom. The number of nitrogens with zero attached hydrogens (tertiary/aromatic N) is 2. The molecular weight excluding hydrogens is 375 g/mol. The smallest absolute Gasteiger partial charge is 0.378 e. The summed E-state index contributed by atoms with van der Waals surface area (Å²) in [4.78, 5) is 18.4. The molecule has 1 aliphatic rings. The van der Waals surface area contributed by atoms with E-state index in [1.54, 1.807) is 12.1 Å². The molecule has 1 unspecified atom stereocenters. The molecule has 1 amide bonds. The molecule has 0 radical (unpaired) electrons. The van der Waals surface area contributed by atoms with Crippen LogP contribution in [-0.4, -0.2) is 42.8 Å². The van der Waals surface area contributed by atoms with E-state index in [4.69, 9.17) is 0 Å². The predicted molar refractivity (Wildman–Crippen MR) is 98.4 cm³/mol. The normalized spacial score (nSPS) is 19.0. The van der Waals surface area contributed by atoms with Crippen LogP contribution in [0.1, 0.15) is 22.3 Å². The van der Waals surface area contributed by atoms with E-state index in [9.17, 15) is 23.1 Å². The van der Waals surface area contributed by atoms with Gasteiger partial charge in [-0.2, -0.15) is 13.2 Å². The van der Waals surface area contributed by atoms with Crippen LogP contribution in [0.4, 0.5) is 24.5 Å². The number of hydrogen-bond donors (Lipinski definition) is 2. The van der Waals surface area contributed by atoms with E-state index in [-0.39, 0.29) is 11.6 Å². The third-order valence-corrected chi connectivity index (χ3v) is 4.28. The summed E-state index contributed by atoms with van der Waals surface area (Å²) in [6, 6.07) is 13.1. The average molecular weight is 393 g/mol. The highest BCUT2D eigenvalue weighted by molar-refractivity contribution is 6.05. The third kappa shape index (κ3) is 3.94. The molecule has 0 aromatic heterocycles. The highest BCUT2D eigenvalue weighted by atomic mass is 19.4. The van der Waals surface area contributed by atoms with Gasteiger partial charge in [-0.15, -0.1) is 0 Å². The molecule has 6 nitrogen and oxygen atoms in total. The number of halogens is 3. The summed E-state index contributed by atoms with van der Waals surface area (Å²) in [5.74, 6) is -3.63. The molecule has 0 saturated heterocycles. The highest BCUT2D eigenvalue weighted by Gasteiger charge is 2.60. The van der Waals surface area contributed by atoms with Crippen molar-refractivity contribution < 1.29 is 27.9 Å². The Kier molecular flexibility index (Phi) is 5.03. The van der Waals surface area contributed by atoms with Crippen molar-refractivity contribution in [2.75, 3.05) is 24.3 Å². The van der Waals surface area contributed by atoms with E-state index in [1.165, 1.54) is 24.3 Å². The van der Waals surface area contributed by atoms with E-state index in [2.05, 4.69) is 15.3 Å². The minimum Gasteiger partial charge on any atom is -0.378 e. The van der Waals surface area contributed by atoms with Crippen LogP contribution >= 0.6 is 0 Å². The fourth-order valence-corrected chi connectivity index (χ4v) is 2.59.